The highest BCUT2D eigenvalue weighted by Crippen LogP contribution is 2.29. The van der Waals surface area contributed by atoms with Crippen molar-refractivity contribution in [3.63, 3.8) is 0 Å². The van der Waals surface area contributed by atoms with Crippen LogP contribution in [0.3, 0.4) is 0 Å². The first-order chi connectivity index (χ1) is 16.2. The first kappa shape index (κ1) is 22.5. The molecular formula is C25H28N6O2S. The van der Waals surface area contributed by atoms with Crippen molar-refractivity contribution < 1.29 is 8.42 Å². The zero-order chi connectivity index (χ0) is 24.0. The van der Waals surface area contributed by atoms with Gasteiger partial charge in [0.05, 0.1) is 11.1 Å². The number of nitrogens with two attached hydrogens (primary N) is 1. The largest absolute Gasteiger partial charge is 0.364 e. The zero-order valence-corrected chi connectivity index (χ0v) is 20.2. The van der Waals surface area contributed by atoms with Crippen LogP contribution in [0, 0.1) is 6.92 Å². The number of sulfonamides is 1. The maximum Gasteiger partial charge on any atom is 0.238 e. The summed E-state index contributed by atoms with van der Waals surface area (Å²) in [5.74, 6) is 0. The number of aromatic nitrogens is 3. The van der Waals surface area contributed by atoms with Gasteiger partial charge < -0.3 is 10.2 Å². The molecule has 1 saturated heterocycles. The molecule has 0 spiro atoms. The highest BCUT2D eigenvalue weighted by Gasteiger charge is 2.24. The zero-order valence-electron chi connectivity index (χ0n) is 19.4. The Morgan fingerprint density at radius 2 is 1.65 bits per heavy atom. The second kappa shape index (κ2) is 8.50. The van der Waals surface area contributed by atoms with Gasteiger partial charge in [-0.3, -0.25) is 0 Å². The lowest BCUT2D eigenvalue weighted by atomic mass is 10.0. The van der Waals surface area contributed by atoms with E-state index in [1.807, 2.05) is 12.4 Å². The van der Waals surface area contributed by atoms with Crippen LogP contribution in [0.25, 0.3) is 27.9 Å². The van der Waals surface area contributed by atoms with Crippen molar-refractivity contribution in [2.24, 2.45) is 5.14 Å². The highest BCUT2D eigenvalue weighted by atomic mass is 32.2. The van der Waals surface area contributed by atoms with Crippen molar-refractivity contribution >= 4 is 21.4 Å². The average molecular weight is 477 g/mol. The summed E-state index contributed by atoms with van der Waals surface area (Å²) < 4.78 is 25.2. The maximum atomic E-state index is 11.7. The van der Waals surface area contributed by atoms with Gasteiger partial charge in [0.25, 0.3) is 0 Å². The Labute approximate surface area is 199 Å². The molecule has 2 atom stereocenters. The van der Waals surface area contributed by atoms with Crippen molar-refractivity contribution in [1.82, 2.24) is 19.9 Å². The Bertz CT molecular complexity index is 1450. The molecule has 8 nitrogen and oxygen atoms in total. The standard InChI is InChI=1S/C25H28N6O2S/c1-16-10-20(6-9-24(16)34(26,32)33)23-14-29-30-15-21(13-28-25(23)30)19-4-7-22(8-5-19)31-17(2)11-27-12-18(31)3/h4-10,13-15,17-18,27H,11-12H2,1-3H3,(H2,26,32,33). The number of rotatable bonds is 4. The quantitative estimate of drug-likeness (QED) is 0.469. The summed E-state index contributed by atoms with van der Waals surface area (Å²) in [6, 6.07) is 14.5. The third kappa shape index (κ3) is 4.06. The van der Waals surface area contributed by atoms with E-state index in [1.54, 1.807) is 29.8 Å². The number of fused-ring (bicyclic) bond motifs is 1. The number of benzene rings is 2. The van der Waals surface area contributed by atoms with E-state index in [0.717, 1.165) is 35.3 Å². The third-order valence-electron chi connectivity index (χ3n) is 6.48. The van der Waals surface area contributed by atoms with Crippen molar-refractivity contribution in [2.45, 2.75) is 37.8 Å². The van der Waals surface area contributed by atoms with E-state index in [4.69, 9.17) is 5.14 Å². The van der Waals surface area contributed by atoms with E-state index >= 15 is 0 Å². The highest BCUT2D eigenvalue weighted by molar-refractivity contribution is 7.89. The summed E-state index contributed by atoms with van der Waals surface area (Å²) in [5, 5.41) is 13.3. The van der Waals surface area contributed by atoms with Crippen molar-refractivity contribution in [2.75, 3.05) is 18.0 Å². The first-order valence-electron chi connectivity index (χ1n) is 11.3. The molecule has 5 rings (SSSR count). The number of piperazine rings is 1. The van der Waals surface area contributed by atoms with Crippen LogP contribution in [0.1, 0.15) is 19.4 Å². The molecule has 1 aliphatic rings. The fraction of sp³-hybridized carbons (Fsp3) is 0.280. The summed E-state index contributed by atoms with van der Waals surface area (Å²) in [5.41, 5.74) is 6.21. The molecule has 0 aliphatic carbocycles. The lowest BCUT2D eigenvalue weighted by Gasteiger charge is -2.41. The molecule has 3 heterocycles. The van der Waals surface area contributed by atoms with Crippen LogP contribution in [0.15, 0.2) is 66.0 Å². The Balaban J connectivity index is 1.45. The van der Waals surface area contributed by atoms with Gasteiger partial charge in [-0.1, -0.05) is 18.2 Å². The second-order valence-electron chi connectivity index (χ2n) is 9.00. The van der Waals surface area contributed by atoms with Crippen LogP contribution in [0.4, 0.5) is 5.69 Å². The summed E-state index contributed by atoms with van der Waals surface area (Å²) in [4.78, 5) is 7.25. The van der Waals surface area contributed by atoms with Gasteiger partial charge in [-0.05, 0) is 61.7 Å². The van der Waals surface area contributed by atoms with Crippen LogP contribution in [0.5, 0.6) is 0 Å². The predicted molar refractivity (Wildman–Crippen MR) is 134 cm³/mol. The maximum absolute atomic E-state index is 11.7. The molecule has 9 heteroatoms. The van der Waals surface area contributed by atoms with E-state index in [9.17, 15) is 8.42 Å². The Morgan fingerprint density at radius 3 is 2.29 bits per heavy atom. The number of nitrogens with zero attached hydrogens (tertiary/aromatic N) is 4. The molecule has 2 aromatic carbocycles. The number of anilines is 1. The smallest absolute Gasteiger partial charge is 0.238 e. The molecule has 0 bridgehead atoms. The minimum atomic E-state index is -3.76. The van der Waals surface area contributed by atoms with Gasteiger partial charge in [0.15, 0.2) is 5.65 Å². The van der Waals surface area contributed by atoms with E-state index in [-0.39, 0.29) is 4.90 Å². The molecule has 0 saturated carbocycles. The fourth-order valence-electron chi connectivity index (χ4n) is 4.83. The van der Waals surface area contributed by atoms with Gasteiger partial charge in [-0.15, -0.1) is 0 Å². The number of hydrogen-bond donors (Lipinski definition) is 2. The molecule has 1 aliphatic heterocycles. The summed E-state index contributed by atoms with van der Waals surface area (Å²) >= 11 is 0. The molecular weight excluding hydrogens is 448 g/mol. The van der Waals surface area contributed by atoms with Crippen LogP contribution < -0.4 is 15.4 Å². The van der Waals surface area contributed by atoms with Gasteiger partial charge in [-0.2, -0.15) is 5.10 Å². The van der Waals surface area contributed by atoms with Crippen LogP contribution in [-0.4, -0.2) is 48.2 Å². The Hall–Kier alpha value is -3.27. The normalized spacial score (nSPS) is 19.0. The predicted octanol–water partition coefficient (Wildman–Crippen LogP) is 3.21. The van der Waals surface area contributed by atoms with Crippen molar-refractivity contribution in [3.05, 3.63) is 66.6 Å². The molecule has 0 radical (unpaired) electrons. The van der Waals surface area contributed by atoms with Crippen LogP contribution in [0.2, 0.25) is 0 Å². The number of nitrogens with one attached hydrogen (secondary N) is 1. The molecule has 176 valence electrons. The van der Waals surface area contributed by atoms with Gasteiger partial charge in [-0.25, -0.2) is 23.1 Å². The van der Waals surface area contributed by atoms with Crippen LogP contribution >= 0.6 is 0 Å². The molecule has 2 aromatic heterocycles. The SMILES string of the molecule is Cc1cc(-c2cnn3cc(-c4ccc(N5C(C)CNCC5C)cc4)cnc23)ccc1S(N)(=O)=O. The van der Waals surface area contributed by atoms with Crippen LogP contribution in [-0.2, 0) is 10.0 Å². The van der Waals surface area contributed by atoms with Gasteiger partial charge in [0.1, 0.15) is 0 Å². The number of hydrogen-bond acceptors (Lipinski definition) is 6. The molecule has 34 heavy (non-hydrogen) atoms. The van der Waals surface area contributed by atoms with Crippen molar-refractivity contribution in [1.29, 1.82) is 0 Å². The van der Waals surface area contributed by atoms with Gasteiger partial charge in [0, 0.05) is 54.4 Å². The summed E-state index contributed by atoms with van der Waals surface area (Å²) in [6.45, 7) is 8.19. The minimum absolute atomic E-state index is 0.121. The molecule has 1 fully saturated rings. The lowest BCUT2D eigenvalue weighted by Crippen LogP contribution is -2.55. The third-order valence-corrected chi connectivity index (χ3v) is 7.55. The van der Waals surface area contributed by atoms with Gasteiger partial charge >= 0.3 is 0 Å². The second-order valence-corrected chi connectivity index (χ2v) is 10.5. The fourth-order valence-corrected chi connectivity index (χ4v) is 5.60. The average Bonchev–Trinajstić information content (AvgIpc) is 3.22. The van der Waals surface area contributed by atoms with E-state index in [1.165, 1.54) is 11.8 Å². The minimum Gasteiger partial charge on any atom is -0.364 e. The Kier molecular flexibility index (Phi) is 5.63. The molecule has 3 N–H and O–H groups in total. The van der Waals surface area contributed by atoms with E-state index in [2.05, 4.69) is 58.4 Å². The van der Waals surface area contributed by atoms with Crippen molar-refractivity contribution in [3.8, 4) is 22.3 Å². The topological polar surface area (TPSA) is 106 Å². The monoisotopic (exact) mass is 476 g/mol. The summed E-state index contributed by atoms with van der Waals surface area (Å²) in [6.07, 6.45) is 5.55. The van der Waals surface area contributed by atoms with E-state index in [0.29, 0.717) is 23.3 Å². The number of aryl methyl sites for hydroxylation is 1. The Morgan fingerprint density at radius 1 is 0.971 bits per heavy atom. The van der Waals surface area contributed by atoms with E-state index < -0.39 is 10.0 Å². The number of primary sulfonamides is 1. The van der Waals surface area contributed by atoms with Gasteiger partial charge in [0.2, 0.25) is 10.0 Å². The summed E-state index contributed by atoms with van der Waals surface area (Å²) in [7, 11) is -3.76. The molecule has 0 amide bonds. The first-order valence-corrected chi connectivity index (χ1v) is 12.8. The molecule has 4 aromatic rings. The lowest BCUT2D eigenvalue weighted by molar-refractivity contribution is 0.432. The molecule has 2 unspecified atom stereocenters.